The molecule has 2 saturated carbocycles. The number of ether oxygens (including phenoxy) is 1. The average Bonchev–Trinajstić information content (AvgIpc) is 3.45. The topological polar surface area (TPSA) is 49.9 Å². The molecular weight excluding hydrogens is 304 g/mol. The molecule has 0 aromatic carbocycles. The second kappa shape index (κ2) is 6.32. The quantitative estimate of drug-likeness (QED) is 0.741. The molecule has 4 rings (SSSR count). The van der Waals surface area contributed by atoms with Gasteiger partial charge < -0.3 is 14.5 Å². The highest BCUT2D eigenvalue weighted by Gasteiger charge is 2.61. The van der Waals surface area contributed by atoms with Crippen molar-refractivity contribution in [1.29, 1.82) is 0 Å². The summed E-state index contributed by atoms with van der Waals surface area (Å²) >= 11 is 0. The summed E-state index contributed by atoms with van der Waals surface area (Å²) in [6.07, 6.45) is 9.77. The highest BCUT2D eigenvalue weighted by atomic mass is 16.5. The molecule has 0 N–H and O–H groups in total. The van der Waals surface area contributed by atoms with Gasteiger partial charge in [0, 0.05) is 32.7 Å². The van der Waals surface area contributed by atoms with Gasteiger partial charge in [-0.2, -0.15) is 0 Å². The van der Waals surface area contributed by atoms with Crippen LogP contribution in [0.5, 0.6) is 0 Å². The Balaban J connectivity index is 1.39. The summed E-state index contributed by atoms with van der Waals surface area (Å²) in [6.45, 7) is 2.46. The van der Waals surface area contributed by atoms with E-state index in [1.54, 1.807) is 7.11 Å². The molecule has 5 nitrogen and oxygen atoms in total. The first-order valence-electron chi connectivity index (χ1n) is 9.79. The van der Waals surface area contributed by atoms with Crippen molar-refractivity contribution < 1.29 is 14.3 Å². The van der Waals surface area contributed by atoms with Gasteiger partial charge in [-0.1, -0.05) is 19.3 Å². The largest absolute Gasteiger partial charge is 0.369 e. The van der Waals surface area contributed by atoms with Crippen LogP contribution in [-0.2, 0) is 14.3 Å². The molecule has 2 heterocycles. The van der Waals surface area contributed by atoms with Gasteiger partial charge in [0.1, 0.15) is 0 Å². The monoisotopic (exact) mass is 334 g/mol. The number of likely N-dealkylation sites (tertiary alicyclic amines) is 2. The first kappa shape index (κ1) is 16.4. The molecule has 1 spiro atoms. The van der Waals surface area contributed by atoms with Crippen LogP contribution in [0.1, 0.15) is 57.8 Å². The van der Waals surface area contributed by atoms with Gasteiger partial charge in [0.05, 0.1) is 5.54 Å². The van der Waals surface area contributed by atoms with E-state index in [0.29, 0.717) is 11.8 Å². The number of rotatable bonds is 4. The van der Waals surface area contributed by atoms with Crippen LogP contribution < -0.4 is 0 Å². The van der Waals surface area contributed by atoms with Crippen LogP contribution in [0.15, 0.2) is 0 Å². The van der Waals surface area contributed by atoms with Crippen molar-refractivity contribution in [3.05, 3.63) is 0 Å². The van der Waals surface area contributed by atoms with Gasteiger partial charge in [-0.05, 0) is 44.4 Å². The number of methoxy groups -OCH3 is 1. The lowest BCUT2D eigenvalue weighted by Gasteiger charge is -2.60. The van der Waals surface area contributed by atoms with Crippen molar-refractivity contribution in [2.45, 2.75) is 69.4 Å². The molecule has 2 saturated heterocycles. The minimum atomic E-state index is -0.289. The first-order chi connectivity index (χ1) is 11.7. The Morgan fingerprint density at radius 3 is 2.38 bits per heavy atom. The van der Waals surface area contributed by atoms with Gasteiger partial charge in [-0.3, -0.25) is 9.59 Å². The summed E-state index contributed by atoms with van der Waals surface area (Å²) in [6, 6.07) is 0. The van der Waals surface area contributed by atoms with Gasteiger partial charge in [0.25, 0.3) is 5.91 Å². The summed E-state index contributed by atoms with van der Waals surface area (Å²) in [5, 5.41) is 0. The van der Waals surface area contributed by atoms with Crippen LogP contribution in [0.4, 0.5) is 0 Å². The van der Waals surface area contributed by atoms with E-state index >= 15 is 0 Å². The maximum absolute atomic E-state index is 12.8. The standard InChI is InChI=1S/C19H30N2O3/c1-24-16-18(23)21(13-14-7-8-14)19(16)9-11-20(12-10-19)17(22)15-5-3-2-4-6-15/h14-16H,2-13H2,1H3. The van der Waals surface area contributed by atoms with Crippen molar-refractivity contribution in [2.75, 3.05) is 26.7 Å². The molecule has 4 aliphatic rings. The normalized spacial score (nSPS) is 30.5. The Hall–Kier alpha value is -1.10. The summed E-state index contributed by atoms with van der Waals surface area (Å²) in [7, 11) is 1.65. The minimum absolute atomic E-state index is 0.141. The smallest absolute Gasteiger partial charge is 0.254 e. The van der Waals surface area contributed by atoms with Crippen LogP contribution in [0.25, 0.3) is 0 Å². The molecule has 2 aliphatic carbocycles. The van der Waals surface area contributed by atoms with Crippen molar-refractivity contribution >= 4 is 11.8 Å². The summed E-state index contributed by atoms with van der Waals surface area (Å²) in [5.41, 5.74) is -0.141. The number of hydrogen-bond donors (Lipinski definition) is 0. The number of carbonyl (C=O) groups is 2. The van der Waals surface area contributed by atoms with E-state index in [4.69, 9.17) is 4.74 Å². The van der Waals surface area contributed by atoms with Crippen molar-refractivity contribution in [2.24, 2.45) is 11.8 Å². The van der Waals surface area contributed by atoms with E-state index < -0.39 is 0 Å². The number of nitrogens with zero attached hydrogens (tertiary/aromatic N) is 2. The molecule has 134 valence electrons. The molecule has 0 aromatic rings. The van der Waals surface area contributed by atoms with Crippen molar-refractivity contribution in [3.63, 3.8) is 0 Å². The lowest BCUT2D eigenvalue weighted by molar-refractivity contribution is -0.199. The van der Waals surface area contributed by atoms with Crippen LogP contribution in [0, 0.1) is 11.8 Å². The Kier molecular flexibility index (Phi) is 4.31. The maximum atomic E-state index is 12.8. The third-order valence-corrected chi connectivity index (χ3v) is 6.78. The zero-order valence-electron chi connectivity index (χ0n) is 14.8. The van der Waals surface area contributed by atoms with E-state index in [2.05, 4.69) is 9.80 Å². The molecule has 5 heteroatoms. The second-order valence-corrected chi connectivity index (χ2v) is 8.27. The number of carbonyl (C=O) groups excluding carboxylic acids is 2. The fraction of sp³-hybridized carbons (Fsp3) is 0.895. The summed E-state index contributed by atoms with van der Waals surface area (Å²) in [4.78, 5) is 29.3. The molecule has 0 bridgehead atoms. The molecule has 2 aliphatic heterocycles. The van der Waals surface area contributed by atoms with Crippen LogP contribution in [0.2, 0.25) is 0 Å². The molecule has 1 atom stereocenters. The van der Waals surface area contributed by atoms with Crippen molar-refractivity contribution in [3.8, 4) is 0 Å². The maximum Gasteiger partial charge on any atom is 0.254 e. The predicted octanol–water partition coefficient (Wildman–Crippen LogP) is 2.20. The Bertz CT molecular complexity index is 503. The van der Waals surface area contributed by atoms with Gasteiger partial charge in [-0.15, -0.1) is 0 Å². The van der Waals surface area contributed by atoms with Gasteiger partial charge >= 0.3 is 0 Å². The zero-order valence-corrected chi connectivity index (χ0v) is 14.8. The highest BCUT2D eigenvalue weighted by molar-refractivity contribution is 5.90. The van der Waals surface area contributed by atoms with Crippen LogP contribution in [0.3, 0.4) is 0 Å². The fourth-order valence-electron chi connectivity index (χ4n) is 5.07. The fourth-order valence-corrected chi connectivity index (χ4v) is 5.07. The Labute approximate surface area is 144 Å². The van der Waals surface area contributed by atoms with Gasteiger partial charge in [0.15, 0.2) is 6.10 Å². The molecule has 0 aromatic heterocycles. The van der Waals surface area contributed by atoms with E-state index in [9.17, 15) is 9.59 Å². The number of amides is 2. The molecule has 4 fully saturated rings. The second-order valence-electron chi connectivity index (χ2n) is 8.27. The molecule has 1 unspecified atom stereocenters. The summed E-state index contributed by atoms with van der Waals surface area (Å²) < 4.78 is 5.54. The minimum Gasteiger partial charge on any atom is -0.369 e. The highest BCUT2D eigenvalue weighted by Crippen LogP contribution is 2.45. The molecule has 0 radical (unpaired) electrons. The lowest BCUT2D eigenvalue weighted by Crippen LogP contribution is -2.77. The Morgan fingerprint density at radius 2 is 1.79 bits per heavy atom. The van der Waals surface area contributed by atoms with Gasteiger partial charge in [0.2, 0.25) is 5.91 Å². The predicted molar refractivity (Wildman–Crippen MR) is 90.4 cm³/mol. The lowest BCUT2D eigenvalue weighted by atomic mass is 9.72. The Morgan fingerprint density at radius 1 is 1.12 bits per heavy atom. The van der Waals surface area contributed by atoms with Crippen LogP contribution >= 0.6 is 0 Å². The average molecular weight is 334 g/mol. The van der Waals surface area contributed by atoms with Crippen molar-refractivity contribution in [1.82, 2.24) is 9.80 Å². The summed E-state index contributed by atoms with van der Waals surface area (Å²) in [5.74, 6) is 1.47. The van der Waals surface area contributed by atoms with E-state index in [-0.39, 0.29) is 23.5 Å². The van der Waals surface area contributed by atoms with E-state index in [1.165, 1.54) is 32.1 Å². The SMILES string of the molecule is COC1C(=O)N(CC2CC2)C12CCN(C(=O)C1CCCCC1)CC2. The van der Waals surface area contributed by atoms with Gasteiger partial charge in [-0.25, -0.2) is 0 Å². The third-order valence-electron chi connectivity index (χ3n) is 6.78. The molecular formula is C19H30N2O3. The van der Waals surface area contributed by atoms with Crippen LogP contribution in [-0.4, -0.2) is 60.0 Å². The number of hydrogen-bond acceptors (Lipinski definition) is 3. The number of β-lactam (4-membered cyclic amide) rings is 1. The molecule has 24 heavy (non-hydrogen) atoms. The first-order valence-corrected chi connectivity index (χ1v) is 9.79. The number of piperidine rings is 1. The molecule has 2 amide bonds. The zero-order chi connectivity index (χ0) is 16.7. The van der Waals surface area contributed by atoms with E-state index in [0.717, 1.165) is 45.3 Å². The van der Waals surface area contributed by atoms with E-state index in [1.807, 2.05) is 0 Å². The third kappa shape index (κ3) is 2.65.